The van der Waals surface area contributed by atoms with Gasteiger partial charge in [-0.25, -0.2) is 19.6 Å². The van der Waals surface area contributed by atoms with E-state index in [0.29, 0.717) is 12.0 Å². The zero-order valence-electron chi connectivity index (χ0n) is 18.4. The van der Waals surface area contributed by atoms with Gasteiger partial charge < -0.3 is 5.32 Å². The van der Waals surface area contributed by atoms with Crippen LogP contribution in [0, 0.1) is 11.2 Å². The molecule has 4 amide bonds. The molecule has 0 radical (unpaired) electrons. The van der Waals surface area contributed by atoms with Crippen LogP contribution in [0.15, 0.2) is 48.5 Å². The monoisotopic (exact) mass is 441 g/mol. The molecule has 3 N–H and O–H groups in total. The first-order valence-electron chi connectivity index (χ1n) is 10.5. The van der Waals surface area contributed by atoms with Gasteiger partial charge in [0.2, 0.25) is 0 Å². The molecule has 7 nitrogen and oxygen atoms in total. The van der Waals surface area contributed by atoms with Crippen LogP contribution in [0.1, 0.15) is 43.9 Å². The smallest absolute Gasteiger partial charge is 0.325 e. The molecule has 0 bridgehead atoms. The topological polar surface area (TPSA) is 98.7 Å². The summed E-state index contributed by atoms with van der Waals surface area (Å²) in [5.41, 5.74) is 3.11. The molecule has 0 spiro atoms. The van der Waals surface area contributed by atoms with Crippen LogP contribution >= 0.6 is 0 Å². The largest absolute Gasteiger partial charge is 0.326 e. The van der Waals surface area contributed by atoms with Crippen molar-refractivity contribution in [2.75, 3.05) is 0 Å². The Bertz CT molecular complexity index is 1000. The van der Waals surface area contributed by atoms with Crippen LogP contribution in [-0.4, -0.2) is 40.0 Å². The van der Waals surface area contributed by atoms with E-state index in [1.165, 1.54) is 11.5 Å². The molecular formula is C24H28FN3O4. The summed E-state index contributed by atoms with van der Waals surface area (Å²) in [4.78, 5) is 38.3. The van der Waals surface area contributed by atoms with Gasteiger partial charge in [0.25, 0.3) is 11.8 Å². The Kier molecular flexibility index (Phi) is 6.93. The number of carbonyl (C=O) groups excluding carboxylic acids is 3. The predicted octanol–water partition coefficient (Wildman–Crippen LogP) is 3.19. The SMILES string of the molecule is CC(C)(C)C(C(=O)NO)N1C(=O)NC(CCc2ccc(Cc3ccccc3)cc2F)C1=O. The van der Waals surface area contributed by atoms with Gasteiger partial charge in [-0.15, -0.1) is 0 Å². The molecule has 1 fully saturated rings. The van der Waals surface area contributed by atoms with Crippen LogP contribution < -0.4 is 10.8 Å². The Labute approximate surface area is 186 Å². The van der Waals surface area contributed by atoms with E-state index < -0.39 is 35.3 Å². The number of halogens is 1. The van der Waals surface area contributed by atoms with Gasteiger partial charge in [-0.05, 0) is 47.4 Å². The van der Waals surface area contributed by atoms with E-state index in [1.807, 2.05) is 36.4 Å². The molecular weight excluding hydrogens is 413 g/mol. The molecule has 2 aromatic rings. The van der Waals surface area contributed by atoms with Crippen molar-refractivity contribution >= 4 is 17.8 Å². The number of urea groups is 1. The highest BCUT2D eigenvalue weighted by molar-refractivity contribution is 6.07. The third-order valence-corrected chi connectivity index (χ3v) is 5.56. The summed E-state index contributed by atoms with van der Waals surface area (Å²) in [5.74, 6) is -1.78. The molecule has 1 aliphatic rings. The lowest BCUT2D eigenvalue weighted by molar-refractivity contribution is -0.144. The van der Waals surface area contributed by atoms with E-state index in [9.17, 15) is 18.8 Å². The maximum atomic E-state index is 14.7. The van der Waals surface area contributed by atoms with Gasteiger partial charge in [0, 0.05) is 0 Å². The fourth-order valence-corrected chi connectivity index (χ4v) is 3.98. The minimum absolute atomic E-state index is 0.188. The van der Waals surface area contributed by atoms with Crippen LogP contribution in [0.5, 0.6) is 0 Å². The zero-order valence-corrected chi connectivity index (χ0v) is 18.4. The average Bonchev–Trinajstić information content (AvgIpc) is 3.01. The number of carbonyl (C=O) groups is 3. The average molecular weight is 442 g/mol. The third kappa shape index (κ3) is 5.13. The van der Waals surface area contributed by atoms with Crippen LogP contribution in [0.2, 0.25) is 0 Å². The zero-order chi connectivity index (χ0) is 23.5. The van der Waals surface area contributed by atoms with Crippen molar-refractivity contribution in [3.05, 3.63) is 71.0 Å². The number of benzene rings is 2. The van der Waals surface area contributed by atoms with Crippen molar-refractivity contribution in [3.63, 3.8) is 0 Å². The molecule has 3 rings (SSSR count). The van der Waals surface area contributed by atoms with Crippen LogP contribution in [0.3, 0.4) is 0 Å². The normalized spacial score (nSPS) is 17.3. The van der Waals surface area contributed by atoms with Crippen LogP contribution in [-0.2, 0) is 22.4 Å². The molecule has 1 heterocycles. The summed E-state index contributed by atoms with van der Waals surface area (Å²) in [6, 6.07) is 12.0. The Morgan fingerprint density at radius 2 is 1.84 bits per heavy atom. The maximum absolute atomic E-state index is 14.7. The number of amides is 4. The fraction of sp³-hybridized carbons (Fsp3) is 0.375. The summed E-state index contributed by atoms with van der Waals surface area (Å²) in [5, 5.41) is 11.6. The summed E-state index contributed by atoms with van der Waals surface area (Å²) in [7, 11) is 0. The lowest BCUT2D eigenvalue weighted by Gasteiger charge is -2.34. The Hall–Kier alpha value is -3.26. The van der Waals surface area contributed by atoms with Crippen LogP contribution in [0.4, 0.5) is 9.18 Å². The van der Waals surface area contributed by atoms with Crippen molar-refractivity contribution < 1.29 is 24.0 Å². The molecule has 2 unspecified atom stereocenters. The predicted molar refractivity (Wildman–Crippen MR) is 116 cm³/mol. The standard InChI is InChI=1S/C24H28FN3O4/c1-24(2,3)20(21(29)27-32)28-22(30)19(26-23(28)31)12-11-17-10-9-16(14-18(17)25)13-15-7-5-4-6-8-15/h4-10,14,19-20,32H,11-13H2,1-3H3,(H,26,31)(H,27,29). The van der Waals surface area contributed by atoms with E-state index in [-0.39, 0.29) is 18.7 Å². The molecule has 2 atom stereocenters. The first-order valence-corrected chi connectivity index (χ1v) is 10.5. The van der Waals surface area contributed by atoms with Crippen molar-refractivity contribution in [2.24, 2.45) is 5.41 Å². The Morgan fingerprint density at radius 1 is 1.16 bits per heavy atom. The number of nitrogens with one attached hydrogen (secondary N) is 2. The second-order valence-corrected chi connectivity index (χ2v) is 9.08. The van der Waals surface area contributed by atoms with Crippen molar-refractivity contribution in [1.29, 1.82) is 0 Å². The molecule has 2 aromatic carbocycles. The van der Waals surface area contributed by atoms with Gasteiger partial charge in [-0.2, -0.15) is 0 Å². The van der Waals surface area contributed by atoms with E-state index in [0.717, 1.165) is 16.0 Å². The third-order valence-electron chi connectivity index (χ3n) is 5.56. The first-order chi connectivity index (χ1) is 15.1. The van der Waals surface area contributed by atoms with E-state index >= 15 is 0 Å². The number of hydroxylamine groups is 1. The van der Waals surface area contributed by atoms with Gasteiger partial charge in [-0.3, -0.25) is 14.8 Å². The summed E-state index contributed by atoms with van der Waals surface area (Å²) < 4.78 is 14.7. The second kappa shape index (κ2) is 9.48. The summed E-state index contributed by atoms with van der Waals surface area (Å²) >= 11 is 0. The summed E-state index contributed by atoms with van der Waals surface area (Å²) in [6.45, 7) is 5.06. The highest BCUT2D eigenvalue weighted by atomic mass is 19.1. The Balaban J connectivity index is 1.68. The number of aryl methyl sites for hydroxylation is 1. The Morgan fingerprint density at radius 3 is 2.44 bits per heavy atom. The quantitative estimate of drug-likeness (QED) is 0.349. The van der Waals surface area contributed by atoms with E-state index in [1.54, 1.807) is 26.8 Å². The number of imide groups is 1. The molecule has 1 aliphatic heterocycles. The lowest BCUT2D eigenvalue weighted by atomic mass is 9.85. The molecule has 0 aliphatic carbocycles. The second-order valence-electron chi connectivity index (χ2n) is 9.08. The lowest BCUT2D eigenvalue weighted by Crippen LogP contribution is -2.55. The van der Waals surface area contributed by atoms with Gasteiger partial charge in [0.05, 0.1) is 0 Å². The van der Waals surface area contributed by atoms with Crippen molar-refractivity contribution in [2.45, 2.75) is 52.1 Å². The number of hydrogen-bond acceptors (Lipinski definition) is 4. The van der Waals surface area contributed by atoms with E-state index in [2.05, 4.69) is 5.32 Å². The molecule has 32 heavy (non-hydrogen) atoms. The molecule has 170 valence electrons. The van der Waals surface area contributed by atoms with Crippen LogP contribution in [0.25, 0.3) is 0 Å². The highest BCUT2D eigenvalue weighted by Crippen LogP contribution is 2.28. The van der Waals surface area contributed by atoms with Gasteiger partial charge >= 0.3 is 6.03 Å². The number of nitrogens with zero attached hydrogens (tertiary/aromatic N) is 1. The summed E-state index contributed by atoms with van der Waals surface area (Å²) in [6.07, 6.45) is 1.05. The van der Waals surface area contributed by atoms with Gasteiger partial charge in [0.1, 0.15) is 17.9 Å². The number of hydrogen-bond donors (Lipinski definition) is 3. The van der Waals surface area contributed by atoms with E-state index in [4.69, 9.17) is 5.21 Å². The molecule has 0 aromatic heterocycles. The van der Waals surface area contributed by atoms with Gasteiger partial charge in [-0.1, -0.05) is 63.2 Å². The van der Waals surface area contributed by atoms with Crippen molar-refractivity contribution in [1.82, 2.24) is 15.7 Å². The minimum Gasteiger partial charge on any atom is -0.326 e. The van der Waals surface area contributed by atoms with Gasteiger partial charge in [0.15, 0.2) is 0 Å². The first kappa shape index (κ1) is 23.4. The molecule has 1 saturated heterocycles. The number of rotatable bonds is 7. The fourth-order valence-electron chi connectivity index (χ4n) is 3.98. The molecule has 8 heteroatoms. The molecule has 0 saturated carbocycles. The van der Waals surface area contributed by atoms with Crippen molar-refractivity contribution in [3.8, 4) is 0 Å². The maximum Gasteiger partial charge on any atom is 0.325 e. The minimum atomic E-state index is -1.18. The highest BCUT2D eigenvalue weighted by Gasteiger charge is 2.48.